The number of urea groups is 1. The molecule has 0 aliphatic carbocycles. The maximum Gasteiger partial charge on any atom is 0.316 e. The Kier molecular flexibility index (Phi) is 4.41. The number of rotatable bonds is 4. The molecule has 2 amide bonds. The van der Waals surface area contributed by atoms with Gasteiger partial charge >= 0.3 is 6.03 Å². The molecular formula is C13H20N4O. The molecule has 2 rings (SSSR count). The number of benzene rings is 1. The normalized spacial score (nSPS) is 19.2. The standard InChI is InChI=1S/C13H20N4O/c14-13(18)17-12-5-1-4-11(7-12)16-9-10-3-2-6-15-8-10/h1,4-5,7,10,15-16H,2-3,6,8-9H2,(H3,14,17,18). The first kappa shape index (κ1) is 12.7. The minimum absolute atomic E-state index is 0.538. The fourth-order valence-electron chi connectivity index (χ4n) is 2.21. The fraction of sp³-hybridized carbons (Fsp3) is 0.462. The van der Waals surface area contributed by atoms with E-state index in [0.717, 1.165) is 25.3 Å². The van der Waals surface area contributed by atoms with Crippen LogP contribution in [0.1, 0.15) is 12.8 Å². The summed E-state index contributed by atoms with van der Waals surface area (Å²) in [6.45, 7) is 3.16. The van der Waals surface area contributed by atoms with Crippen LogP contribution in [0.25, 0.3) is 0 Å². The van der Waals surface area contributed by atoms with E-state index >= 15 is 0 Å². The van der Waals surface area contributed by atoms with Crippen LogP contribution in [0.3, 0.4) is 0 Å². The maximum atomic E-state index is 10.8. The van der Waals surface area contributed by atoms with Crippen molar-refractivity contribution in [3.8, 4) is 0 Å². The SMILES string of the molecule is NC(=O)Nc1cccc(NCC2CCCNC2)c1. The Morgan fingerprint density at radius 3 is 3.00 bits per heavy atom. The number of piperidine rings is 1. The van der Waals surface area contributed by atoms with Gasteiger partial charge in [-0.05, 0) is 50.0 Å². The number of amides is 2. The van der Waals surface area contributed by atoms with Gasteiger partial charge in [0.05, 0.1) is 0 Å². The third-order valence-electron chi connectivity index (χ3n) is 3.12. The zero-order valence-electron chi connectivity index (χ0n) is 10.4. The molecule has 1 atom stereocenters. The molecule has 98 valence electrons. The molecule has 1 aliphatic rings. The van der Waals surface area contributed by atoms with Gasteiger partial charge in [0.1, 0.15) is 0 Å². The summed E-state index contributed by atoms with van der Waals surface area (Å²) in [6.07, 6.45) is 2.51. The Morgan fingerprint density at radius 2 is 2.28 bits per heavy atom. The summed E-state index contributed by atoms with van der Waals surface area (Å²) >= 11 is 0. The number of primary amides is 1. The molecule has 5 N–H and O–H groups in total. The van der Waals surface area contributed by atoms with Crippen LogP contribution in [0.2, 0.25) is 0 Å². The second kappa shape index (κ2) is 6.26. The predicted octanol–water partition coefficient (Wildman–Crippen LogP) is 1.59. The van der Waals surface area contributed by atoms with E-state index in [1.165, 1.54) is 12.8 Å². The number of carbonyl (C=O) groups is 1. The highest BCUT2D eigenvalue weighted by atomic mass is 16.2. The van der Waals surface area contributed by atoms with E-state index in [0.29, 0.717) is 11.6 Å². The van der Waals surface area contributed by atoms with Crippen LogP contribution in [0, 0.1) is 5.92 Å². The summed E-state index contributed by atoms with van der Waals surface area (Å²) in [7, 11) is 0. The summed E-state index contributed by atoms with van der Waals surface area (Å²) in [5, 5.41) is 9.36. The van der Waals surface area contributed by atoms with Gasteiger partial charge < -0.3 is 21.7 Å². The monoisotopic (exact) mass is 248 g/mol. The van der Waals surface area contributed by atoms with Crippen molar-refractivity contribution in [3.63, 3.8) is 0 Å². The zero-order chi connectivity index (χ0) is 12.8. The molecule has 1 heterocycles. The third-order valence-corrected chi connectivity index (χ3v) is 3.12. The van der Waals surface area contributed by atoms with Crippen molar-refractivity contribution in [2.75, 3.05) is 30.3 Å². The molecule has 0 radical (unpaired) electrons. The van der Waals surface area contributed by atoms with Gasteiger partial charge in [-0.25, -0.2) is 4.79 Å². The first-order chi connectivity index (χ1) is 8.74. The van der Waals surface area contributed by atoms with Gasteiger partial charge in [0, 0.05) is 17.9 Å². The average Bonchev–Trinajstić information content (AvgIpc) is 2.37. The third kappa shape index (κ3) is 3.92. The zero-order valence-corrected chi connectivity index (χ0v) is 10.4. The van der Waals surface area contributed by atoms with E-state index < -0.39 is 6.03 Å². The Morgan fingerprint density at radius 1 is 1.44 bits per heavy atom. The molecule has 0 saturated carbocycles. The topological polar surface area (TPSA) is 79.2 Å². The lowest BCUT2D eigenvalue weighted by atomic mass is 10.00. The summed E-state index contributed by atoms with van der Waals surface area (Å²) < 4.78 is 0. The maximum absolute atomic E-state index is 10.8. The molecule has 1 saturated heterocycles. The molecule has 1 fully saturated rings. The van der Waals surface area contributed by atoms with Gasteiger partial charge in [-0.1, -0.05) is 6.07 Å². The Balaban J connectivity index is 1.86. The highest BCUT2D eigenvalue weighted by Gasteiger charge is 2.12. The lowest BCUT2D eigenvalue weighted by molar-refractivity contribution is 0.259. The number of hydrogen-bond donors (Lipinski definition) is 4. The lowest BCUT2D eigenvalue weighted by Gasteiger charge is -2.23. The molecule has 18 heavy (non-hydrogen) atoms. The molecule has 5 heteroatoms. The molecule has 1 aromatic rings. The summed E-state index contributed by atoms with van der Waals surface area (Å²) in [6, 6.07) is 7.05. The van der Waals surface area contributed by atoms with Gasteiger partial charge in [0.2, 0.25) is 0 Å². The summed E-state index contributed by atoms with van der Waals surface area (Å²) in [4.78, 5) is 10.8. The van der Waals surface area contributed by atoms with E-state index in [2.05, 4.69) is 16.0 Å². The van der Waals surface area contributed by atoms with Crippen molar-refractivity contribution in [3.05, 3.63) is 24.3 Å². The minimum Gasteiger partial charge on any atom is -0.385 e. The second-order valence-corrected chi connectivity index (χ2v) is 4.66. The molecule has 0 bridgehead atoms. The van der Waals surface area contributed by atoms with Crippen LogP contribution in [-0.2, 0) is 0 Å². The Bertz CT molecular complexity index is 402. The van der Waals surface area contributed by atoms with Crippen molar-refractivity contribution >= 4 is 17.4 Å². The van der Waals surface area contributed by atoms with Crippen LogP contribution < -0.4 is 21.7 Å². The number of anilines is 2. The fourth-order valence-corrected chi connectivity index (χ4v) is 2.21. The van der Waals surface area contributed by atoms with E-state index in [1.807, 2.05) is 24.3 Å². The molecule has 1 aromatic carbocycles. The first-order valence-corrected chi connectivity index (χ1v) is 6.35. The van der Waals surface area contributed by atoms with Crippen molar-refractivity contribution in [1.82, 2.24) is 5.32 Å². The average molecular weight is 248 g/mol. The van der Waals surface area contributed by atoms with Crippen LogP contribution >= 0.6 is 0 Å². The number of nitrogens with two attached hydrogens (primary N) is 1. The van der Waals surface area contributed by atoms with Crippen molar-refractivity contribution < 1.29 is 4.79 Å². The highest BCUT2D eigenvalue weighted by Crippen LogP contribution is 2.16. The highest BCUT2D eigenvalue weighted by molar-refractivity contribution is 5.88. The first-order valence-electron chi connectivity index (χ1n) is 6.35. The van der Waals surface area contributed by atoms with Gasteiger partial charge in [-0.2, -0.15) is 0 Å². The van der Waals surface area contributed by atoms with Gasteiger partial charge in [0.25, 0.3) is 0 Å². The van der Waals surface area contributed by atoms with Gasteiger partial charge in [-0.3, -0.25) is 0 Å². The van der Waals surface area contributed by atoms with E-state index in [1.54, 1.807) is 0 Å². The quantitative estimate of drug-likeness (QED) is 0.653. The minimum atomic E-state index is -0.538. The second-order valence-electron chi connectivity index (χ2n) is 4.66. The number of hydrogen-bond acceptors (Lipinski definition) is 3. The lowest BCUT2D eigenvalue weighted by Crippen LogP contribution is -2.33. The largest absolute Gasteiger partial charge is 0.385 e. The summed E-state index contributed by atoms with van der Waals surface area (Å²) in [5.74, 6) is 0.673. The van der Waals surface area contributed by atoms with Gasteiger partial charge in [-0.15, -0.1) is 0 Å². The van der Waals surface area contributed by atoms with Crippen LogP contribution in [0.4, 0.5) is 16.2 Å². The Hall–Kier alpha value is -1.75. The molecule has 0 spiro atoms. The van der Waals surface area contributed by atoms with Crippen LogP contribution in [0.5, 0.6) is 0 Å². The molecule has 1 unspecified atom stereocenters. The van der Waals surface area contributed by atoms with Crippen molar-refractivity contribution in [1.29, 1.82) is 0 Å². The Labute approximate surface area is 107 Å². The van der Waals surface area contributed by atoms with Gasteiger partial charge in [0.15, 0.2) is 0 Å². The van der Waals surface area contributed by atoms with E-state index in [9.17, 15) is 4.79 Å². The predicted molar refractivity (Wildman–Crippen MR) is 73.7 cm³/mol. The molecular weight excluding hydrogens is 228 g/mol. The summed E-state index contributed by atoms with van der Waals surface area (Å²) in [5.41, 5.74) is 6.81. The smallest absolute Gasteiger partial charge is 0.316 e. The number of nitrogens with one attached hydrogen (secondary N) is 3. The van der Waals surface area contributed by atoms with Crippen molar-refractivity contribution in [2.24, 2.45) is 11.7 Å². The number of carbonyl (C=O) groups excluding carboxylic acids is 1. The van der Waals surface area contributed by atoms with Crippen molar-refractivity contribution in [2.45, 2.75) is 12.8 Å². The van der Waals surface area contributed by atoms with Crippen LogP contribution in [-0.4, -0.2) is 25.7 Å². The molecule has 0 aromatic heterocycles. The molecule has 1 aliphatic heterocycles. The van der Waals surface area contributed by atoms with E-state index in [-0.39, 0.29) is 0 Å². The van der Waals surface area contributed by atoms with Crippen LogP contribution in [0.15, 0.2) is 24.3 Å². The van der Waals surface area contributed by atoms with E-state index in [4.69, 9.17) is 5.73 Å². The molecule has 5 nitrogen and oxygen atoms in total.